The second kappa shape index (κ2) is 5.02. The van der Waals surface area contributed by atoms with Crippen molar-refractivity contribution in [3.05, 3.63) is 28.8 Å². The average molecular weight is 255 g/mol. The molecule has 0 saturated heterocycles. The lowest BCUT2D eigenvalue weighted by molar-refractivity contribution is 0.333. The quantitative estimate of drug-likeness (QED) is 0.811. The Morgan fingerprint density at radius 2 is 2.25 bits per heavy atom. The first-order valence-electron chi connectivity index (χ1n) is 5.50. The van der Waals surface area contributed by atoms with Crippen LogP contribution in [0.15, 0.2) is 18.2 Å². The minimum absolute atomic E-state index is 0.382. The number of halogens is 1. The molecule has 0 amide bonds. The van der Waals surface area contributed by atoms with Gasteiger partial charge in [-0.2, -0.15) is 0 Å². The summed E-state index contributed by atoms with van der Waals surface area (Å²) < 4.78 is 0. The second-order valence-electron chi connectivity index (χ2n) is 4.24. The molecular formula is C12H15ClN2S. The smallest absolute Gasteiger partial charge is 0.104 e. The first kappa shape index (κ1) is 11.7. The van der Waals surface area contributed by atoms with Gasteiger partial charge in [-0.05, 0) is 37.0 Å². The molecule has 1 fully saturated rings. The number of anilines is 1. The molecule has 4 heteroatoms. The van der Waals surface area contributed by atoms with Crippen molar-refractivity contribution in [1.82, 2.24) is 0 Å². The zero-order valence-electron chi connectivity index (χ0n) is 9.00. The Bertz CT molecular complexity index is 402. The summed E-state index contributed by atoms with van der Waals surface area (Å²) in [6.45, 7) is 1.01. The number of thiocarbonyl (C=S) groups is 1. The van der Waals surface area contributed by atoms with Crippen LogP contribution in [0.25, 0.3) is 0 Å². The average Bonchev–Trinajstić information content (AvgIpc) is 2.17. The van der Waals surface area contributed by atoms with Gasteiger partial charge < -0.3 is 11.1 Å². The lowest BCUT2D eigenvalue weighted by Gasteiger charge is -2.26. The zero-order chi connectivity index (χ0) is 11.5. The lowest BCUT2D eigenvalue weighted by Crippen LogP contribution is -2.21. The van der Waals surface area contributed by atoms with Crippen molar-refractivity contribution in [1.29, 1.82) is 0 Å². The molecule has 0 heterocycles. The van der Waals surface area contributed by atoms with Crippen LogP contribution >= 0.6 is 23.8 Å². The van der Waals surface area contributed by atoms with E-state index in [9.17, 15) is 0 Å². The molecule has 1 aromatic carbocycles. The summed E-state index contributed by atoms with van der Waals surface area (Å²) in [5.41, 5.74) is 7.32. The molecule has 3 N–H and O–H groups in total. The molecule has 0 atom stereocenters. The summed E-state index contributed by atoms with van der Waals surface area (Å²) in [5.74, 6) is 0.811. The number of benzene rings is 1. The fourth-order valence-electron chi connectivity index (χ4n) is 1.76. The molecule has 1 aliphatic rings. The Labute approximate surface area is 106 Å². The molecule has 16 heavy (non-hydrogen) atoms. The number of hydrogen-bond donors (Lipinski definition) is 2. The molecule has 0 radical (unpaired) electrons. The Kier molecular flexibility index (Phi) is 3.66. The highest BCUT2D eigenvalue weighted by molar-refractivity contribution is 7.80. The molecule has 86 valence electrons. The van der Waals surface area contributed by atoms with Gasteiger partial charge in [-0.25, -0.2) is 0 Å². The van der Waals surface area contributed by atoms with Crippen molar-refractivity contribution in [2.24, 2.45) is 11.7 Å². The maximum Gasteiger partial charge on any atom is 0.104 e. The van der Waals surface area contributed by atoms with Crippen LogP contribution in [0.1, 0.15) is 24.8 Å². The van der Waals surface area contributed by atoms with Gasteiger partial charge in [0.25, 0.3) is 0 Å². The van der Waals surface area contributed by atoms with E-state index in [0.717, 1.165) is 23.7 Å². The largest absolute Gasteiger partial charge is 0.389 e. The topological polar surface area (TPSA) is 38.0 Å². The predicted molar refractivity (Wildman–Crippen MR) is 73.2 cm³/mol. The predicted octanol–water partition coefficient (Wildman–Crippen LogP) is 3.19. The maximum atomic E-state index is 6.14. The van der Waals surface area contributed by atoms with Crippen LogP contribution in [0.5, 0.6) is 0 Å². The van der Waals surface area contributed by atoms with E-state index in [2.05, 4.69) is 5.32 Å². The highest BCUT2D eigenvalue weighted by atomic mass is 35.5. The van der Waals surface area contributed by atoms with Crippen molar-refractivity contribution >= 4 is 34.5 Å². The van der Waals surface area contributed by atoms with Crippen LogP contribution in [0.2, 0.25) is 5.02 Å². The summed E-state index contributed by atoms with van der Waals surface area (Å²) in [6.07, 6.45) is 4.02. The summed E-state index contributed by atoms with van der Waals surface area (Å²) in [4.78, 5) is 0.382. The van der Waals surface area contributed by atoms with Crippen molar-refractivity contribution in [3.8, 4) is 0 Å². The van der Waals surface area contributed by atoms with E-state index >= 15 is 0 Å². The Balaban J connectivity index is 2.00. The van der Waals surface area contributed by atoms with Gasteiger partial charge in [-0.1, -0.05) is 30.2 Å². The molecule has 2 rings (SSSR count). The van der Waals surface area contributed by atoms with E-state index in [1.807, 2.05) is 18.2 Å². The summed E-state index contributed by atoms with van der Waals surface area (Å²) in [6, 6.07) is 5.65. The van der Waals surface area contributed by atoms with E-state index in [0.29, 0.717) is 10.0 Å². The highest BCUT2D eigenvalue weighted by Gasteiger charge is 2.17. The molecule has 0 aromatic heterocycles. The molecule has 1 saturated carbocycles. The van der Waals surface area contributed by atoms with Crippen LogP contribution in [-0.4, -0.2) is 11.5 Å². The minimum Gasteiger partial charge on any atom is -0.389 e. The first-order chi connectivity index (χ1) is 7.66. The molecule has 0 spiro atoms. The number of nitrogens with two attached hydrogens (primary N) is 1. The Morgan fingerprint density at radius 1 is 1.50 bits per heavy atom. The van der Waals surface area contributed by atoms with E-state index in [4.69, 9.17) is 29.6 Å². The first-order valence-corrected chi connectivity index (χ1v) is 6.28. The molecule has 2 nitrogen and oxygen atoms in total. The van der Waals surface area contributed by atoms with Crippen LogP contribution in [-0.2, 0) is 0 Å². The van der Waals surface area contributed by atoms with Crippen molar-refractivity contribution < 1.29 is 0 Å². The van der Waals surface area contributed by atoms with Crippen LogP contribution in [0, 0.1) is 5.92 Å². The number of hydrogen-bond acceptors (Lipinski definition) is 2. The van der Waals surface area contributed by atoms with Gasteiger partial charge in [-0.15, -0.1) is 0 Å². The minimum atomic E-state index is 0.382. The highest BCUT2D eigenvalue weighted by Crippen LogP contribution is 2.28. The Morgan fingerprint density at radius 3 is 2.75 bits per heavy atom. The van der Waals surface area contributed by atoms with Gasteiger partial charge in [0.15, 0.2) is 0 Å². The number of rotatable bonds is 4. The lowest BCUT2D eigenvalue weighted by atomic mass is 9.85. The monoisotopic (exact) mass is 254 g/mol. The van der Waals surface area contributed by atoms with Gasteiger partial charge in [0.05, 0.1) is 10.7 Å². The molecular weight excluding hydrogens is 240 g/mol. The fraction of sp³-hybridized carbons (Fsp3) is 0.417. The normalized spacial score (nSPS) is 15.6. The van der Waals surface area contributed by atoms with Crippen LogP contribution in [0.4, 0.5) is 5.69 Å². The summed E-state index contributed by atoms with van der Waals surface area (Å²) in [5, 5.41) is 4.05. The SMILES string of the molecule is NC(=S)c1ccc(NCC2CCC2)c(Cl)c1. The third-order valence-electron chi connectivity index (χ3n) is 3.06. The van der Waals surface area contributed by atoms with E-state index in [1.54, 1.807) is 0 Å². The van der Waals surface area contributed by atoms with Crippen molar-refractivity contribution in [2.75, 3.05) is 11.9 Å². The van der Waals surface area contributed by atoms with Crippen molar-refractivity contribution in [2.45, 2.75) is 19.3 Å². The van der Waals surface area contributed by atoms with E-state index in [-0.39, 0.29) is 0 Å². The molecule has 0 unspecified atom stereocenters. The third kappa shape index (κ3) is 2.66. The van der Waals surface area contributed by atoms with Gasteiger partial charge >= 0.3 is 0 Å². The summed E-state index contributed by atoms with van der Waals surface area (Å²) in [7, 11) is 0. The third-order valence-corrected chi connectivity index (χ3v) is 3.61. The van der Waals surface area contributed by atoms with Gasteiger partial charge in [0.1, 0.15) is 4.99 Å². The maximum absolute atomic E-state index is 6.14. The van der Waals surface area contributed by atoms with E-state index in [1.165, 1.54) is 19.3 Å². The van der Waals surface area contributed by atoms with Gasteiger partial charge in [0.2, 0.25) is 0 Å². The van der Waals surface area contributed by atoms with Crippen molar-refractivity contribution in [3.63, 3.8) is 0 Å². The molecule has 0 aliphatic heterocycles. The molecule has 0 bridgehead atoms. The fourth-order valence-corrected chi connectivity index (χ4v) is 2.14. The van der Waals surface area contributed by atoms with Crippen LogP contribution in [0.3, 0.4) is 0 Å². The number of nitrogens with one attached hydrogen (secondary N) is 1. The standard InChI is InChI=1S/C12H15ClN2S/c13-10-6-9(12(14)16)4-5-11(10)15-7-8-2-1-3-8/h4-6,8,15H,1-3,7H2,(H2,14,16). The second-order valence-corrected chi connectivity index (χ2v) is 5.08. The van der Waals surface area contributed by atoms with Gasteiger partial charge in [-0.3, -0.25) is 0 Å². The van der Waals surface area contributed by atoms with Gasteiger partial charge in [0, 0.05) is 12.1 Å². The van der Waals surface area contributed by atoms with E-state index < -0.39 is 0 Å². The summed E-state index contributed by atoms with van der Waals surface area (Å²) >= 11 is 11.0. The molecule has 1 aromatic rings. The Hall–Kier alpha value is -0.800. The molecule has 1 aliphatic carbocycles. The van der Waals surface area contributed by atoms with Crippen LogP contribution < -0.4 is 11.1 Å². The zero-order valence-corrected chi connectivity index (χ0v) is 10.6.